The highest BCUT2D eigenvalue weighted by atomic mass is 127. The zero-order valence-corrected chi connectivity index (χ0v) is 22.0. The van der Waals surface area contributed by atoms with E-state index >= 15 is 0 Å². The Morgan fingerprint density at radius 1 is 1.10 bits per heavy atom. The molecule has 1 rings (SSSR count). The van der Waals surface area contributed by atoms with Crippen LogP contribution in [-0.2, 0) is 14.3 Å². The number of aliphatic hydroxyl groups is 2. The number of ether oxygens (including phenoxy) is 1. The summed E-state index contributed by atoms with van der Waals surface area (Å²) in [6, 6.07) is -0.886. The lowest BCUT2D eigenvalue weighted by Crippen LogP contribution is -2.41. The number of aldehydes is 1. The summed E-state index contributed by atoms with van der Waals surface area (Å²) in [7, 11) is 0. The minimum atomic E-state index is -1.07. The molecule has 0 aliphatic heterocycles. The van der Waals surface area contributed by atoms with Crippen molar-refractivity contribution in [2.45, 2.75) is 19.1 Å². The van der Waals surface area contributed by atoms with Crippen molar-refractivity contribution in [1.82, 2.24) is 5.32 Å². The minimum Gasteiger partial charge on any atom is -0.453 e. The van der Waals surface area contributed by atoms with Gasteiger partial charge in [0, 0.05) is 10.5 Å². The first-order valence-electron chi connectivity index (χ1n) is 7.88. The molecule has 1 unspecified atom stereocenters. The van der Waals surface area contributed by atoms with Crippen molar-refractivity contribution in [3.63, 3.8) is 0 Å². The van der Waals surface area contributed by atoms with Crippen molar-refractivity contribution < 1.29 is 34.1 Å². The van der Waals surface area contributed by atoms with E-state index in [-0.39, 0.29) is 17.7 Å². The molecule has 1 atom stereocenters. The monoisotopic (exact) mass is 764 g/mol. The van der Waals surface area contributed by atoms with Crippen LogP contribution >= 0.6 is 79.4 Å². The number of anilines is 1. The summed E-state index contributed by atoms with van der Waals surface area (Å²) in [6.07, 6.45) is -0.617. The molecule has 0 spiro atoms. The SMILES string of the molecule is CC(=O)OC(C=O)CNc1c(I)c(C(=O)Cl)c(I)c(C(=O)NC(CO)CO)c1I. The molecule has 1 amide bonds. The van der Waals surface area contributed by atoms with Gasteiger partial charge in [-0.3, -0.25) is 19.2 Å². The van der Waals surface area contributed by atoms with E-state index in [0.29, 0.717) is 22.7 Å². The predicted octanol–water partition coefficient (Wildman–Crippen LogP) is 1.50. The molecule has 0 saturated carbocycles. The van der Waals surface area contributed by atoms with Crippen LogP contribution in [0.15, 0.2) is 0 Å². The summed E-state index contributed by atoms with van der Waals surface area (Å²) in [5.41, 5.74) is 0.546. The number of aliphatic hydroxyl groups excluding tert-OH is 2. The first-order valence-corrected chi connectivity index (χ1v) is 11.5. The van der Waals surface area contributed by atoms with Crippen LogP contribution < -0.4 is 10.6 Å². The Morgan fingerprint density at radius 3 is 2.10 bits per heavy atom. The summed E-state index contributed by atoms with van der Waals surface area (Å²) in [4.78, 5) is 46.9. The molecule has 0 fully saturated rings. The number of nitrogens with one attached hydrogen (secondary N) is 2. The number of hydrogen-bond acceptors (Lipinski definition) is 8. The van der Waals surface area contributed by atoms with Crippen LogP contribution in [0.3, 0.4) is 0 Å². The molecule has 0 radical (unpaired) electrons. The number of halogens is 4. The average Bonchev–Trinajstić information content (AvgIpc) is 2.64. The largest absolute Gasteiger partial charge is 0.453 e. The van der Waals surface area contributed by atoms with Gasteiger partial charge in [-0.15, -0.1) is 0 Å². The zero-order chi connectivity index (χ0) is 22.3. The van der Waals surface area contributed by atoms with E-state index in [4.69, 9.17) is 16.3 Å². The lowest BCUT2D eigenvalue weighted by molar-refractivity contribution is -0.148. The van der Waals surface area contributed by atoms with E-state index in [1.807, 2.05) is 67.8 Å². The van der Waals surface area contributed by atoms with Crippen molar-refractivity contribution >= 4 is 108 Å². The molecule has 0 bridgehead atoms. The molecule has 13 heteroatoms. The van der Waals surface area contributed by atoms with Gasteiger partial charge in [0.25, 0.3) is 11.1 Å². The normalized spacial score (nSPS) is 11.7. The van der Waals surface area contributed by atoms with Gasteiger partial charge in [0.2, 0.25) is 0 Å². The molecular formula is C16H16ClI3N2O7. The maximum Gasteiger partial charge on any atom is 0.303 e. The fourth-order valence-corrected chi connectivity index (χ4v) is 7.17. The van der Waals surface area contributed by atoms with E-state index in [1.54, 1.807) is 0 Å². The van der Waals surface area contributed by atoms with Gasteiger partial charge in [0.1, 0.15) is 0 Å². The highest BCUT2D eigenvalue weighted by Gasteiger charge is 2.28. The number of amides is 1. The Morgan fingerprint density at radius 2 is 1.66 bits per heavy atom. The molecule has 1 aromatic carbocycles. The quantitative estimate of drug-likeness (QED) is 0.122. The van der Waals surface area contributed by atoms with Crippen LogP contribution in [-0.4, -0.2) is 65.5 Å². The van der Waals surface area contributed by atoms with Crippen molar-refractivity contribution in [3.05, 3.63) is 21.8 Å². The molecule has 4 N–H and O–H groups in total. The third kappa shape index (κ3) is 7.12. The molecule has 0 aromatic heterocycles. The Balaban J connectivity index is 3.44. The Kier molecular flexibility index (Phi) is 11.6. The molecule has 1 aromatic rings. The van der Waals surface area contributed by atoms with Crippen molar-refractivity contribution in [2.24, 2.45) is 0 Å². The fourth-order valence-electron chi connectivity index (χ4n) is 2.13. The molecule has 0 heterocycles. The second-order valence-corrected chi connectivity index (χ2v) is 9.12. The van der Waals surface area contributed by atoms with Crippen LogP contribution in [0.2, 0.25) is 0 Å². The highest BCUT2D eigenvalue weighted by molar-refractivity contribution is 14.1. The van der Waals surface area contributed by atoms with Gasteiger partial charge in [-0.05, 0) is 79.4 Å². The number of carbonyl (C=O) groups is 4. The fraction of sp³-hybridized carbons (Fsp3) is 0.375. The second kappa shape index (κ2) is 12.5. The zero-order valence-electron chi connectivity index (χ0n) is 14.8. The highest BCUT2D eigenvalue weighted by Crippen LogP contribution is 2.36. The van der Waals surface area contributed by atoms with E-state index in [2.05, 4.69) is 10.6 Å². The Hall–Kier alpha value is -0.300. The molecule has 0 aliphatic rings. The summed E-state index contributed by atoms with van der Waals surface area (Å²) < 4.78 is 5.98. The summed E-state index contributed by atoms with van der Waals surface area (Å²) in [5.74, 6) is -1.26. The van der Waals surface area contributed by atoms with E-state index in [1.165, 1.54) is 6.92 Å². The van der Waals surface area contributed by atoms with Crippen LogP contribution in [0.5, 0.6) is 0 Å². The van der Waals surface area contributed by atoms with Crippen molar-refractivity contribution in [2.75, 3.05) is 25.1 Å². The number of carbonyl (C=O) groups excluding carboxylic acids is 4. The van der Waals surface area contributed by atoms with Gasteiger partial charge < -0.3 is 25.6 Å². The van der Waals surface area contributed by atoms with Gasteiger partial charge in [-0.1, -0.05) is 0 Å². The predicted molar refractivity (Wildman–Crippen MR) is 130 cm³/mol. The van der Waals surface area contributed by atoms with Gasteiger partial charge in [-0.2, -0.15) is 0 Å². The Labute approximate surface area is 212 Å². The average molecular weight is 764 g/mol. The lowest BCUT2D eigenvalue weighted by Gasteiger charge is -2.21. The topological polar surface area (TPSA) is 142 Å². The van der Waals surface area contributed by atoms with Crippen LogP contribution in [0.4, 0.5) is 5.69 Å². The summed E-state index contributed by atoms with van der Waals surface area (Å²) >= 11 is 11.3. The van der Waals surface area contributed by atoms with Crippen molar-refractivity contribution in [1.29, 1.82) is 0 Å². The van der Waals surface area contributed by atoms with Gasteiger partial charge in [0.15, 0.2) is 12.4 Å². The number of rotatable bonds is 10. The first kappa shape index (κ1) is 26.7. The molecule has 160 valence electrons. The van der Waals surface area contributed by atoms with E-state index in [0.717, 1.165) is 0 Å². The third-order valence-corrected chi connectivity index (χ3v) is 6.89. The van der Waals surface area contributed by atoms with E-state index in [9.17, 15) is 29.4 Å². The van der Waals surface area contributed by atoms with Crippen LogP contribution in [0.25, 0.3) is 0 Å². The molecule has 0 aliphatic carbocycles. The standard InChI is InChI=1S/C16H16ClI3N2O7/c1-6(26)29-8(5-25)2-21-14-12(19)9(15(17)27)11(18)10(13(14)20)16(28)22-7(3-23)4-24/h5,7-8,21,23-24H,2-4H2,1H3,(H,22,28). The van der Waals surface area contributed by atoms with Gasteiger partial charge in [-0.25, -0.2) is 0 Å². The second-order valence-electron chi connectivity index (χ2n) is 5.54. The van der Waals surface area contributed by atoms with Crippen LogP contribution in [0.1, 0.15) is 27.6 Å². The molecule has 29 heavy (non-hydrogen) atoms. The van der Waals surface area contributed by atoms with E-state index < -0.39 is 42.5 Å². The maximum atomic E-state index is 12.7. The maximum absolute atomic E-state index is 12.7. The lowest BCUT2D eigenvalue weighted by atomic mass is 10.1. The third-order valence-electron chi connectivity index (χ3n) is 3.47. The molecule has 9 nitrogen and oxygen atoms in total. The van der Waals surface area contributed by atoms with Gasteiger partial charge >= 0.3 is 5.97 Å². The smallest absolute Gasteiger partial charge is 0.303 e. The first-order chi connectivity index (χ1) is 13.6. The molecular weight excluding hydrogens is 748 g/mol. The number of esters is 1. The molecule has 0 saturated heterocycles. The summed E-state index contributed by atoms with van der Waals surface area (Å²) in [6.45, 7) is 0.119. The summed E-state index contributed by atoms with van der Waals surface area (Å²) in [5, 5.41) is 23.0. The van der Waals surface area contributed by atoms with Crippen LogP contribution in [0, 0.1) is 10.7 Å². The van der Waals surface area contributed by atoms with Gasteiger partial charge in [0.05, 0.1) is 49.8 Å². The van der Waals surface area contributed by atoms with Crippen molar-refractivity contribution in [3.8, 4) is 0 Å². The number of hydrogen-bond donors (Lipinski definition) is 4. The Bertz CT molecular complexity index is 818. The number of benzene rings is 1. The minimum absolute atomic E-state index is 0.0839.